The molecule has 16 heavy (non-hydrogen) atoms. The van der Waals surface area contributed by atoms with E-state index in [0.29, 0.717) is 11.6 Å². The van der Waals surface area contributed by atoms with Gasteiger partial charge in [0.15, 0.2) is 5.13 Å². The first-order chi connectivity index (χ1) is 7.65. The molecule has 0 bridgehead atoms. The minimum Gasteiger partial charge on any atom is -0.365 e. The normalized spacial score (nSPS) is 10.4. The van der Waals surface area contributed by atoms with Crippen molar-refractivity contribution >= 4 is 22.4 Å². The number of H-pyrrole nitrogens is 1. The van der Waals surface area contributed by atoms with Gasteiger partial charge in [0, 0.05) is 16.8 Å². The largest absolute Gasteiger partial charge is 0.365 e. The number of carbonyl (C=O) groups excluding carboxylic acids is 1. The van der Waals surface area contributed by atoms with E-state index < -0.39 is 0 Å². The van der Waals surface area contributed by atoms with Gasteiger partial charge in [-0.2, -0.15) is 0 Å². The van der Waals surface area contributed by atoms with Gasteiger partial charge in [-0.05, 0) is 26.0 Å². The number of anilines is 1. The Balaban J connectivity index is 1.97. The molecule has 0 unspecified atom stereocenters. The summed E-state index contributed by atoms with van der Waals surface area (Å²) in [5, 5.41) is 3.46. The molecular weight excluding hydrogens is 222 g/mol. The van der Waals surface area contributed by atoms with Gasteiger partial charge >= 0.3 is 0 Å². The van der Waals surface area contributed by atoms with Crippen LogP contribution < -0.4 is 5.32 Å². The molecule has 2 heterocycles. The van der Waals surface area contributed by atoms with E-state index in [-0.39, 0.29) is 5.91 Å². The maximum Gasteiger partial charge on any atom is 0.232 e. The third-order valence-electron chi connectivity index (χ3n) is 2.29. The molecule has 5 heteroatoms. The highest BCUT2D eigenvalue weighted by atomic mass is 32.1. The Labute approximate surface area is 97.7 Å². The molecule has 2 rings (SSSR count). The average molecular weight is 235 g/mol. The Bertz CT molecular complexity index is 468. The molecule has 0 saturated carbocycles. The van der Waals surface area contributed by atoms with E-state index >= 15 is 0 Å². The van der Waals surface area contributed by atoms with Gasteiger partial charge in [0.2, 0.25) is 5.91 Å². The highest BCUT2D eigenvalue weighted by molar-refractivity contribution is 7.15. The van der Waals surface area contributed by atoms with E-state index in [1.807, 2.05) is 26.0 Å². The molecular formula is C11H13N3OS. The van der Waals surface area contributed by atoms with Gasteiger partial charge < -0.3 is 10.3 Å². The van der Waals surface area contributed by atoms with Crippen LogP contribution in [0.2, 0.25) is 0 Å². The molecule has 0 saturated heterocycles. The summed E-state index contributed by atoms with van der Waals surface area (Å²) in [5.41, 5.74) is 1.88. The van der Waals surface area contributed by atoms with E-state index in [9.17, 15) is 4.79 Å². The van der Waals surface area contributed by atoms with Gasteiger partial charge in [-0.25, -0.2) is 4.98 Å². The van der Waals surface area contributed by atoms with Crippen molar-refractivity contribution in [2.24, 2.45) is 0 Å². The Kier molecular flexibility index (Phi) is 3.05. The molecule has 0 aliphatic rings. The molecule has 0 aromatic carbocycles. The van der Waals surface area contributed by atoms with Crippen LogP contribution in [0.3, 0.4) is 0 Å². The van der Waals surface area contributed by atoms with E-state index in [0.717, 1.165) is 16.3 Å². The second kappa shape index (κ2) is 4.49. The smallest absolute Gasteiger partial charge is 0.232 e. The van der Waals surface area contributed by atoms with E-state index in [1.54, 1.807) is 6.20 Å². The first-order valence-electron chi connectivity index (χ1n) is 5.01. The molecule has 0 aliphatic heterocycles. The number of amides is 1. The minimum atomic E-state index is -0.0452. The summed E-state index contributed by atoms with van der Waals surface area (Å²) in [6.45, 7) is 3.93. The monoisotopic (exact) mass is 235 g/mol. The Hall–Kier alpha value is -1.62. The zero-order valence-electron chi connectivity index (χ0n) is 9.20. The summed E-state index contributed by atoms with van der Waals surface area (Å²) in [5.74, 6) is -0.0452. The quantitative estimate of drug-likeness (QED) is 0.857. The third-order valence-corrected chi connectivity index (χ3v) is 3.28. The highest BCUT2D eigenvalue weighted by Crippen LogP contribution is 2.21. The van der Waals surface area contributed by atoms with E-state index in [1.165, 1.54) is 11.3 Å². The second-order valence-corrected chi connectivity index (χ2v) is 4.78. The molecule has 84 valence electrons. The van der Waals surface area contributed by atoms with Crippen molar-refractivity contribution in [1.29, 1.82) is 0 Å². The molecule has 0 aliphatic carbocycles. The van der Waals surface area contributed by atoms with Crippen LogP contribution in [-0.4, -0.2) is 15.9 Å². The van der Waals surface area contributed by atoms with Crippen molar-refractivity contribution in [1.82, 2.24) is 9.97 Å². The molecule has 0 atom stereocenters. The zero-order valence-corrected chi connectivity index (χ0v) is 10.0. The first kappa shape index (κ1) is 10.9. The summed E-state index contributed by atoms with van der Waals surface area (Å²) in [4.78, 5) is 20.0. The molecule has 1 amide bonds. The SMILES string of the molecule is Cc1nc(NC(=O)Cc2ccc[nH]2)sc1C. The minimum absolute atomic E-state index is 0.0452. The maximum atomic E-state index is 11.6. The summed E-state index contributed by atoms with van der Waals surface area (Å²) in [6.07, 6.45) is 2.16. The lowest BCUT2D eigenvalue weighted by molar-refractivity contribution is -0.115. The lowest BCUT2D eigenvalue weighted by Gasteiger charge is -1.99. The van der Waals surface area contributed by atoms with Gasteiger partial charge in [0.25, 0.3) is 0 Å². The number of aromatic nitrogens is 2. The van der Waals surface area contributed by atoms with Crippen LogP contribution in [0.15, 0.2) is 18.3 Å². The van der Waals surface area contributed by atoms with Crippen molar-refractivity contribution in [2.75, 3.05) is 5.32 Å². The molecule has 4 nitrogen and oxygen atoms in total. The van der Waals surface area contributed by atoms with Gasteiger partial charge in [-0.1, -0.05) is 0 Å². The molecule has 2 N–H and O–H groups in total. The topological polar surface area (TPSA) is 57.8 Å². The van der Waals surface area contributed by atoms with E-state index in [4.69, 9.17) is 0 Å². The van der Waals surface area contributed by atoms with Crippen LogP contribution in [0, 0.1) is 13.8 Å². The summed E-state index contributed by atoms with van der Waals surface area (Å²) < 4.78 is 0. The van der Waals surface area contributed by atoms with Crippen molar-refractivity contribution in [3.8, 4) is 0 Å². The molecule has 2 aromatic heterocycles. The first-order valence-corrected chi connectivity index (χ1v) is 5.83. The molecule has 0 spiro atoms. The number of rotatable bonds is 3. The lowest BCUT2D eigenvalue weighted by atomic mass is 10.3. The molecule has 0 radical (unpaired) electrons. The fourth-order valence-electron chi connectivity index (χ4n) is 1.34. The van der Waals surface area contributed by atoms with Crippen molar-refractivity contribution in [3.63, 3.8) is 0 Å². The number of aromatic amines is 1. The fraction of sp³-hybridized carbons (Fsp3) is 0.273. The van der Waals surface area contributed by atoms with Crippen LogP contribution in [0.5, 0.6) is 0 Å². The number of carbonyl (C=O) groups is 1. The van der Waals surface area contributed by atoms with Gasteiger partial charge in [0.05, 0.1) is 12.1 Å². The molecule has 0 fully saturated rings. The Morgan fingerprint density at radius 1 is 1.56 bits per heavy atom. The standard InChI is InChI=1S/C11H13N3OS/c1-7-8(2)16-11(13-7)14-10(15)6-9-4-3-5-12-9/h3-5,12H,6H2,1-2H3,(H,13,14,15). The Morgan fingerprint density at radius 2 is 2.38 bits per heavy atom. The average Bonchev–Trinajstić information content (AvgIpc) is 2.78. The van der Waals surface area contributed by atoms with Crippen LogP contribution in [-0.2, 0) is 11.2 Å². The van der Waals surface area contributed by atoms with Crippen LogP contribution in [0.1, 0.15) is 16.3 Å². The number of nitrogens with zero attached hydrogens (tertiary/aromatic N) is 1. The summed E-state index contributed by atoms with van der Waals surface area (Å²) >= 11 is 1.50. The highest BCUT2D eigenvalue weighted by Gasteiger charge is 2.08. The number of thiazole rings is 1. The number of nitrogens with one attached hydrogen (secondary N) is 2. The predicted molar refractivity (Wildman–Crippen MR) is 64.7 cm³/mol. The van der Waals surface area contributed by atoms with Crippen LogP contribution >= 0.6 is 11.3 Å². The van der Waals surface area contributed by atoms with Gasteiger partial charge in [0.1, 0.15) is 0 Å². The zero-order chi connectivity index (χ0) is 11.5. The van der Waals surface area contributed by atoms with Crippen LogP contribution in [0.25, 0.3) is 0 Å². The Morgan fingerprint density at radius 3 is 2.94 bits per heavy atom. The van der Waals surface area contributed by atoms with Crippen LogP contribution in [0.4, 0.5) is 5.13 Å². The number of aryl methyl sites for hydroxylation is 2. The second-order valence-electron chi connectivity index (χ2n) is 3.58. The van der Waals surface area contributed by atoms with Crippen molar-refractivity contribution in [2.45, 2.75) is 20.3 Å². The third kappa shape index (κ3) is 2.49. The molecule has 2 aromatic rings. The maximum absolute atomic E-state index is 11.6. The number of hydrogen-bond acceptors (Lipinski definition) is 3. The predicted octanol–water partition coefficient (Wildman–Crippen LogP) is 2.27. The fourth-order valence-corrected chi connectivity index (χ4v) is 2.17. The summed E-state index contributed by atoms with van der Waals surface area (Å²) in [7, 11) is 0. The summed E-state index contributed by atoms with van der Waals surface area (Å²) in [6, 6.07) is 3.76. The number of hydrogen-bond donors (Lipinski definition) is 2. The van der Waals surface area contributed by atoms with Gasteiger partial charge in [-0.15, -0.1) is 11.3 Å². The van der Waals surface area contributed by atoms with E-state index in [2.05, 4.69) is 15.3 Å². The van der Waals surface area contributed by atoms with Crippen molar-refractivity contribution < 1.29 is 4.79 Å². The van der Waals surface area contributed by atoms with Gasteiger partial charge in [-0.3, -0.25) is 4.79 Å². The lowest BCUT2D eigenvalue weighted by Crippen LogP contribution is -2.14. The van der Waals surface area contributed by atoms with Crippen molar-refractivity contribution in [3.05, 3.63) is 34.6 Å².